The number of carbonyl (C=O) groups excluding carboxylic acids is 5. The van der Waals surface area contributed by atoms with E-state index in [9.17, 15) is 47.9 Å². The summed E-state index contributed by atoms with van der Waals surface area (Å²) in [4.78, 5) is 107. The Morgan fingerprint density at radius 1 is 0.257 bits per heavy atom. The van der Waals surface area contributed by atoms with Gasteiger partial charge in [-0.15, -0.1) is 0 Å². The molecule has 0 spiro atoms. The van der Waals surface area contributed by atoms with Gasteiger partial charge >= 0.3 is 29.8 Å². The van der Waals surface area contributed by atoms with E-state index in [1.165, 1.54) is 60.7 Å². The Kier molecular flexibility index (Phi) is 25.5. The van der Waals surface area contributed by atoms with Crippen LogP contribution in [0.5, 0.6) is 0 Å². The van der Waals surface area contributed by atoms with Crippen molar-refractivity contribution in [1.29, 1.82) is 0 Å². The molecule has 0 aromatic heterocycles. The van der Waals surface area contributed by atoms with Gasteiger partial charge in [0.25, 0.3) is 29.5 Å². The summed E-state index contributed by atoms with van der Waals surface area (Å²) in [5.41, 5.74) is 31.8. The van der Waals surface area contributed by atoms with Crippen LogP contribution in [0.2, 0.25) is 0 Å². The van der Waals surface area contributed by atoms with Gasteiger partial charge < -0.3 is 80.8 Å². The number of hydrogen-bond acceptors (Lipinski definition) is 15. The first-order valence-corrected chi connectivity index (χ1v) is 19.7. The summed E-state index contributed by atoms with van der Waals surface area (Å²) in [5.74, 6) is -7.49. The van der Waals surface area contributed by atoms with Crippen LogP contribution in [-0.2, 0) is 24.0 Å². The maximum absolute atomic E-state index is 11.2. The molecule has 0 saturated carbocycles. The lowest BCUT2D eigenvalue weighted by Crippen LogP contribution is -2.29. The van der Waals surface area contributed by atoms with Crippen LogP contribution in [0.3, 0.4) is 0 Å². The van der Waals surface area contributed by atoms with Crippen molar-refractivity contribution in [3.8, 4) is 0 Å². The Morgan fingerprint density at radius 3 is 0.471 bits per heavy atom. The molecule has 20 N–H and O–H groups in total. The number of nitrogen functional groups attached to an aromatic ring is 5. The predicted octanol–water partition coefficient (Wildman–Crippen LogP) is 0.416. The fourth-order valence-electron chi connectivity index (χ4n) is 4.46. The van der Waals surface area contributed by atoms with Gasteiger partial charge in [-0.1, -0.05) is 0 Å². The van der Waals surface area contributed by atoms with Crippen LogP contribution in [0.4, 0.5) is 28.4 Å². The van der Waals surface area contributed by atoms with Crippen molar-refractivity contribution in [2.75, 3.05) is 61.4 Å². The summed E-state index contributed by atoms with van der Waals surface area (Å²) in [7, 11) is 0. The van der Waals surface area contributed by atoms with Gasteiger partial charge in [-0.3, -0.25) is 47.9 Å². The molecule has 0 bridgehead atoms. The highest BCUT2D eigenvalue weighted by molar-refractivity contribution is 5.98. The van der Waals surface area contributed by atoms with Crippen LogP contribution in [-0.4, -0.2) is 118 Å². The monoisotopic (exact) mass is 970 g/mol. The highest BCUT2D eigenvalue weighted by atomic mass is 16.4. The third-order valence-corrected chi connectivity index (χ3v) is 7.87. The number of aliphatic carboxylic acids is 5. The summed E-state index contributed by atoms with van der Waals surface area (Å²) in [5, 5.41) is 52.8. The van der Waals surface area contributed by atoms with Crippen LogP contribution in [0.1, 0.15) is 51.8 Å². The zero-order chi connectivity index (χ0) is 52.8. The summed E-state index contributed by atoms with van der Waals surface area (Å²) in [6.07, 6.45) is 0. The van der Waals surface area contributed by atoms with Crippen molar-refractivity contribution in [1.82, 2.24) is 26.6 Å². The smallest absolute Gasteiger partial charge is 0.322 e. The van der Waals surface area contributed by atoms with Crippen LogP contribution < -0.4 is 55.3 Å². The number of hydrogen-bond donors (Lipinski definition) is 15. The second-order valence-corrected chi connectivity index (χ2v) is 13.5. The average molecular weight is 971 g/mol. The summed E-state index contributed by atoms with van der Waals surface area (Å²) in [6.45, 7) is -1.93. The fourth-order valence-corrected chi connectivity index (χ4v) is 4.46. The molecule has 370 valence electrons. The van der Waals surface area contributed by atoms with Crippen molar-refractivity contribution in [2.45, 2.75) is 0 Å². The van der Waals surface area contributed by atoms with Crippen LogP contribution >= 0.6 is 0 Å². The van der Waals surface area contributed by atoms with E-state index >= 15 is 0 Å². The van der Waals surface area contributed by atoms with Gasteiger partial charge in [-0.05, 0) is 121 Å². The normalized spacial score (nSPS) is 9.43. The molecule has 5 amide bonds. The first-order chi connectivity index (χ1) is 33.0. The van der Waals surface area contributed by atoms with Crippen LogP contribution in [0, 0.1) is 0 Å². The molecular weight excluding hydrogens is 921 g/mol. The van der Waals surface area contributed by atoms with Crippen molar-refractivity contribution >= 4 is 87.8 Å². The molecule has 0 saturated heterocycles. The molecule has 5 aromatic carbocycles. The highest BCUT2D eigenvalue weighted by Gasteiger charge is 2.10. The number of anilines is 5. The van der Waals surface area contributed by atoms with Crippen molar-refractivity contribution in [3.05, 3.63) is 149 Å². The molecule has 5 rings (SSSR count). The van der Waals surface area contributed by atoms with Gasteiger partial charge in [0, 0.05) is 56.3 Å². The first kappa shape index (κ1) is 57.8. The number of nitrogens with one attached hydrogen (secondary N) is 5. The number of benzene rings is 5. The largest absolute Gasteiger partial charge is 0.480 e. The van der Waals surface area contributed by atoms with E-state index < -0.39 is 59.4 Å². The zero-order valence-electron chi connectivity index (χ0n) is 36.8. The van der Waals surface area contributed by atoms with Gasteiger partial charge in [-0.2, -0.15) is 0 Å². The molecule has 25 nitrogen and oxygen atoms in total. The molecule has 0 atom stereocenters. The fraction of sp³-hybridized carbons (Fsp3) is 0.111. The van der Waals surface area contributed by atoms with Crippen LogP contribution in [0.15, 0.2) is 121 Å². The number of nitrogens with two attached hydrogens (primary N) is 5. The molecule has 0 aliphatic carbocycles. The van der Waals surface area contributed by atoms with Gasteiger partial charge in [0.1, 0.15) is 32.7 Å². The van der Waals surface area contributed by atoms with Crippen LogP contribution in [0.25, 0.3) is 0 Å². The maximum Gasteiger partial charge on any atom is 0.322 e. The lowest BCUT2D eigenvalue weighted by atomic mass is 10.2. The van der Waals surface area contributed by atoms with E-state index in [0.717, 1.165) is 0 Å². The lowest BCUT2D eigenvalue weighted by Gasteiger charge is -2.01. The molecule has 0 aliphatic heterocycles. The zero-order valence-corrected chi connectivity index (χ0v) is 36.8. The Labute approximate surface area is 397 Å². The third kappa shape index (κ3) is 25.9. The minimum absolute atomic E-state index is 0.386. The van der Waals surface area contributed by atoms with Crippen molar-refractivity contribution < 1.29 is 73.5 Å². The number of rotatable bonds is 15. The molecule has 0 fully saturated rings. The number of carbonyl (C=O) groups is 10. The summed E-state index contributed by atoms with van der Waals surface area (Å²) >= 11 is 0. The van der Waals surface area contributed by atoms with E-state index in [0.29, 0.717) is 56.3 Å². The Morgan fingerprint density at radius 2 is 0.371 bits per heavy atom. The van der Waals surface area contributed by atoms with Gasteiger partial charge in [-0.25, -0.2) is 0 Å². The van der Waals surface area contributed by atoms with E-state index in [-0.39, 0.29) is 32.7 Å². The van der Waals surface area contributed by atoms with Gasteiger partial charge in [0.05, 0.1) is 0 Å². The van der Waals surface area contributed by atoms with E-state index in [4.69, 9.17) is 54.2 Å². The standard InChI is InChI=1S/5C9H10N2O3/c5*10-7-3-1-6(2-4-7)9(14)11-5-8(12)13/h5*1-4H,5,10H2,(H,11,14)(H,12,13). The maximum atomic E-state index is 11.2. The molecular formula is C45H50N10O15. The third-order valence-electron chi connectivity index (χ3n) is 7.87. The van der Waals surface area contributed by atoms with Gasteiger partial charge in [0.2, 0.25) is 0 Å². The van der Waals surface area contributed by atoms with E-state index in [2.05, 4.69) is 26.6 Å². The Hall–Kier alpha value is -10.2. The average Bonchev–Trinajstić information content (AvgIpc) is 3.32. The minimum atomic E-state index is -1.08. The number of carboxylic acid groups (broad SMARTS) is 5. The molecule has 5 aromatic rings. The van der Waals surface area contributed by atoms with Gasteiger partial charge in [0.15, 0.2) is 0 Å². The Bertz CT molecular complexity index is 2140. The SMILES string of the molecule is Nc1ccc(C(=O)NCC(=O)O)cc1.Nc1ccc(C(=O)NCC(=O)O)cc1.Nc1ccc(C(=O)NCC(=O)O)cc1.Nc1ccc(C(=O)NCC(=O)O)cc1.Nc1ccc(C(=O)NCC(=O)O)cc1. The first-order valence-electron chi connectivity index (χ1n) is 19.7. The lowest BCUT2D eigenvalue weighted by molar-refractivity contribution is -0.136. The topological polar surface area (TPSA) is 462 Å². The molecule has 25 heteroatoms. The second kappa shape index (κ2) is 30.8. The minimum Gasteiger partial charge on any atom is -0.480 e. The number of amides is 5. The van der Waals surface area contributed by atoms with E-state index in [1.807, 2.05) is 0 Å². The van der Waals surface area contributed by atoms with E-state index in [1.54, 1.807) is 60.7 Å². The number of carboxylic acids is 5. The highest BCUT2D eigenvalue weighted by Crippen LogP contribution is 2.08. The van der Waals surface area contributed by atoms with Crippen molar-refractivity contribution in [3.63, 3.8) is 0 Å². The molecule has 0 aliphatic rings. The molecule has 70 heavy (non-hydrogen) atoms. The van der Waals surface area contributed by atoms with Crippen molar-refractivity contribution in [2.24, 2.45) is 0 Å². The Balaban J connectivity index is 0.000000437. The molecule has 0 unspecified atom stereocenters. The molecule has 0 heterocycles. The quantitative estimate of drug-likeness (QED) is 0.0632. The second-order valence-electron chi connectivity index (χ2n) is 13.5. The summed E-state index contributed by atoms with van der Waals surface area (Å²) < 4.78 is 0. The predicted molar refractivity (Wildman–Crippen MR) is 254 cm³/mol. The molecule has 0 radical (unpaired) electrons. The summed E-state index contributed by atoms with van der Waals surface area (Å²) in [6, 6.07) is 31.1.